The Morgan fingerprint density at radius 2 is 1.56 bits per heavy atom. The number of furan rings is 1. The molecule has 2 N–H and O–H groups in total. The Morgan fingerprint density at radius 3 is 2.16 bits per heavy atom. The van der Waals surface area contributed by atoms with Crippen molar-refractivity contribution in [1.29, 1.82) is 0 Å². The van der Waals surface area contributed by atoms with E-state index < -0.39 is 0 Å². The van der Waals surface area contributed by atoms with Crippen LogP contribution in [0.15, 0.2) is 71.3 Å². The van der Waals surface area contributed by atoms with Crippen LogP contribution in [0, 0.1) is 0 Å². The third kappa shape index (κ3) is 4.06. The molecule has 3 rings (SSSR count). The number of nitrogens with one attached hydrogen (secondary N) is 2. The highest BCUT2D eigenvalue weighted by molar-refractivity contribution is 6.05. The molecule has 0 saturated heterocycles. The zero-order valence-electron chi connectivity index (χ0n) is 13.5. The first kappa shape index (κ1) is 16.3. The molecule has 0 atom stereocenters. The van der Waals surface area contributed by atoms with Gasteiger partial charge in [-0.3, -0.25) is 9.59 Å². The van der Waals surface area contributed by atoms with E-state index in [9.17, 15) is 9.59 Å². The predicted octanol–water partition coefficient (Wildman–Crippen LogP) is 3.79. The van der Waals surface area contributed by atoms with Crippen LogP contribution in [0.1, 0.15) is 20.9 Å². The van der Waals surface area contributed by atoms with E-state index in [0.29, 0.717) is 22.7 Å². The number of benzene rings is 2. The fourth-order valence-electron chi connectivity index (χ4n) is 2.22. The van der Waals surface area contributed by atoms with E-state index >= 15 is 0 Å². The molecule has 0 bridgehead atoms. The first-order valence-corrected chi connectivity index (χ1v) is 7.56. The lowest BCUT2D eigenvalue weighted by Gasteiger charge is -2.09. The highest BCUT2D eigenvalue weighted by Gasteiger charge is 2.10. The van der Waals surface area contributed by atoms with Crippen molar-refractivity contribution in [2.75, 3.05) is 17.7 Å². The summed E-state index contributed by atoms with van der Waals surface area (Å²) >= 11 is 0. The van der Waals surface area contributed by atoms with Crippen LogP contribution >= 0.6 is 0 Å². The molecule has 0 aliphatic heterocycles. The Hall–Kier alpha value is -3.54. The average Bonchev–Trinajstić information content (AvgIpc) is 3.17. The molecule has 0 aliphatic carbocycles. The summed E-state index contributed by atoms with van der Waals surface area (Å²) in [6.45, 7) is 0. The largest absolute Gasteiger partial charge is 0.497 e. The summed E-state index contributed by atoms with van der Waals surface area (Å²) in [5.41, 5.74) is 1.62. The van der Waals surface area contributed by atoms with Crippen molar-refractivity contribution in [2.45, 2.75) is 0 Å². The van der Waals surface area contributed by atoms with Crippen LogP contribution in [0.3, 0.4) is 0 Å². The molecule has 0 aliphatic rings. The smallest absolute Gasteiger partial charge is 0.291 e. The number of carbonyl (C=O) groups excluding carboxylic acids is 2. The summed E-state index contributed by atoms with van der Waals surface area (Å²) < 4.78 is 10.1. The molecular weight excluding hydrogens is 320 g/mol. The summed E-state index contributed by atoms with van der Waals surface area (Å²) in [5.74, 6) is 0.285. The van der Waals surface area contributed by atoms with Gasteiger partial charge in [0, 0.05) is 16.9 Å². The van der Waals surface area contributed by atoms with Gasteiger partial charge in [-0.25, -0.2) is 0 Å². The van der Waals surface area contributed by atoms with Gasteiger partial charge in [-0.15, -0.1) is 0 Å². The predicted molar refractivity (Wildman–Crippen MR) is 94.1 cm³/mol. The Kier molecular flexibility index (Phi) is 4.80. The first-order chi connectivity index (χ1) is 12.2. The fraction of sp³-hybridized carbons (Fsp3) is 0.0526. The Bertz CT molecular complexity index is 871. The third-order valence-electron chi connectivity index (χ3n) is 3.48. The average molecular weight is 336 g/mol. The topological polar surface area (TPSA) is 80.6 Å². The maximum Gasteiger partial charge on any atom is 0.291 e. The number of ether oxygens (including phenoxy) is 1. The normalized spacial score (nSPS) is 10.1. The maximum absolute atomic E-state index is 12.3. The lowest BCUT2D eigenvalue weighted by molar-refractivity contribution is 0.0995. The van der Waals surface area contributed by atoms with Gasteiger partial charge in [-0.2, -0.15) is 0 Å². The Labute approximate surface area is 144 Å². The maximum atomic E-state index is 12.3. The van der Waals surface area contributed by atoms with E-state index in [4.69, 9.17) is 9.15 Å². The molecular formula is C19H16N2O4. The lowest BCUT2D eigenvalue weighted by Crippen LogP contribution is -2.13. The Balaban J connectivity index is 1.68. The van der Waals surface area contributed by atoms with E-state index in [1.54, 1.807) is 67.8 Å². The van der Waals surface area contributed by atoms with Gasteiger partial charge in [0.25, 0.3) is 11.8 Å². The second-order valence-corrected chi connectivity index (χ2v) is 5.19. The van der Waals surface area contributed by atoms with Crippen LogP contribution in [0.25, 0.3) is 0 Å². The van der Waals surface area contributed by atoms with Gasteiger partial charge >= 0.3 is 0 Å². The van der Waals surface area contributed by atoms with Crippen LogP contribution in [0.5, 0.6) is 5.75 Å². The van der Waals surface area contributed by atoms with Crippen LogP contribution in [-0.2, 0) is 0 Å². The molecule has 6 heteroatoms. The van der Waals surface area contributed by atoms with Crippen molar-refractivity contribution in [3.8, 4) is 5.75 Å². The highest BCUT2D eigenvalue weighted by Crippen LogP contribution is 2.18. The van der Waals surface area contributed by atoms with Crippen LogP contribution < -0.4 is 15.4 Å². The van der Waals surface area contributed by atoms with Gasteiger partial charge in [-0.1, -0.05) is 6.07 Å². The SMILES string of the molecule is COc1ccc(C(=O)Nc2cccc(NC(=O)c3ccco3)c2)cc1. The minimum Gasteiger partial charge on any atom is -0.497 e. The fourth-order valence-corrected chi connectivity index (χ4v) is 2.22. The van der Waals surface area contributed by atoms with Crippen molar-refractivity contribution in [3.05, 3.63) is 78.3 Å². The van der Waals surface area contributed by atoms with Crippen molar-refractivity contribution in [1.82, 2.24) is 0 Å². The van der Waals surface area contributed by atoms with Crippen molar-refractivity contribution in [3.63, 3.8) is 0 Å². The molecule has 0 fully saturated rings. The number of hydrogen-bond donors (Lipinski definition) is 2. The van der Waals surface area contributed by atoms with Gasteiger partial charge in [0.1, 0.15) is 5.75 Å². The number of methoxy groups -OCH3 is 1. The molecule has 2 aromatic carbocycles. The van der Waals surface area contributed by atoms with Gasteiger partial charge in [-0.05, 0) is 54.6 Å². The minimum absolute atomic E-state index is 0.215. The van der Waals surface area contributed by atoms with E-state index in [-0.39, 0.29) is 17.6 Å². The summed E-state index contributed by atoms with van der Waals surface area (Å²) in [6.07, 6.45) is 1.43. The molecule has 3 aromatic rings. The summed E-state index contributed by atoms with van der Waals surface area (Å²) in [5, 5.41) is 5.50. The van der Waals surface area contributed by atoms with Crippen molar-refractivity contribution >= 4 is 23.2 Å². The summed E-state index contributed by atoms with van der Waals surface area (Å²) in [4.78, 5) is 24.3. The summed E-state index contributed by atoms with van der Waals surface area (Å²) in [7, 11) is 1.57. The van der Waals surface area contributed by atoms with Crippen LogP contribution in [0.2, 0.25) is 0 Å². The van der Waals surface area contributed by atoms with Gasteiger partial charge < -0.3 is 19.8 Å². The first-order valence-electron chi connectivity index (χ1n) is 7.56. The lowest BCUT2D eigenvalue weighted by atomic mass is 10.2. The molecule has 1 heterocycles. The van der Waals surface area contributed by atoms with Crippen LogP contribution in [-0.4, -0.2) is 18.9 Å². The standard InChI is InChI=1S/C19H16N2O4/c1-24-16-9-7-13(8-10-16)18(22)20-14-4-2-5-15(12-14)21-19(23)17-6-3-11-25-17/h2-12H,1H3,(H,20,22)(H,21,23). The molecule has 0 spiro atoms. The van der Waals surface area contributed by atoms with Gasteiger partial charge in [0.05, 0.1) is 13.4 Å². The number of rotatable bonds is 5. The van der Waals surface area contributed by atoms with E-state index in [1.807, 2.05) is 0 Å². The Morgan fingerprint density at radius 1 is 0.880 bits per heavy atom. The highest BCUT2D eigenvalue weighted by atomic mass is 16.5. The minimum atomic E-state index is -0.358. The molecule has 0 radical (unpaired) electrons. The van der Waals surface area contributed by atoms with Crippen molar-refractivity contribution in [2.24, 2.45) is 0 Å². The van der Waals surface area contributed by atoms with Crippen LogP contribution in [0.4, 0.5) is 11.4 Å². The molecule has 6 nitrogen and oxygen atoms in total. The third-order valence-corrected chi connectivity index (χ3v) is 3.48. The second-order valence-electron chi connectivity index (χ2n) is 5.19. The second kappa shape index (κ2) is 7.35. The zero-order valence-corrected chi connectivity index (χ0v) is 13.5. The van der Waals surface area contributed by atoms with E-state index in [2.05, 4.69) is 10.6 Å². The monoisotopic (exact) mass is 336 g/mol. The quantitative estimate of drug-likeness (QED) is 0.743. The van der Waals surface area contributed by atoms with Crippen molar-refractivity contribution < 1.29 is 18.7 Å². The molecule has 0 unspecified atom stereocenters. The molecule has 0 saturated carbocycles. The number of anilines is 2. The number of amides is 2. The van der Waals surface area contributed by atoms with E-state index in [1.165, 1.54) is 6.26 Å². The number of hydrogen-bond acceptors (Lipinski definition) is 4. The number of carbonyl (C=O) groups is 2. The van der Waals surface area contributed by atoms with Gasteiger partial charge in [0.15, 0.2) is 5.76 Å². The molecule has 1 aromatic heterocycles. The van der Waals surface area contributed by atoms with E-state index in [0.717, 1.165) is 0 Å². The zero-order chi connectivity index (χ0) is 17.6. The van der Waals surface area contributed by atoms with Gasteiger partial charge in [0.2, 0.25) is 0 Å². The molecule has 2 amide bonds. The summed E-state index contributed by atoms with van der Waals surface area (Å²) in [6, 6.07) is 16.9. The molecule has 25 heavy (non-hydrogen) atoms. The molecule has 126 valence electrons.